The van der Waals surface area contributed by atoms with Crippen molar-refractivity contribution in [3.05, 3.63) is 48.6 Å². The molecule has 1 N–H and O–H groups in total. The lowest BCUT2D eigenvalue weighted by atomic mass is 10.1. The summed E-state index contributed by atoms with van der Waals surface area (Å²) in [6, 6.07) is 0. The third kappa shape index (κ3) is 18.4. The van der Waals surface area contributed by atoms with E-state index in [-0.39, 0.29) is 0 Å². The summed E-state index contributed by atoms with van der Waals surface area (Å²) in [6.07, 6.45) is 27.4. The minimum absolute atomic E-state index is 0.309. The summed E-state index contributed by atoms with van der Waals surface area (Å²) >= 11 is 0. The van der Waals surface area contributed by atoms with E-state index in [9.17, 15) is 4.79 Å². The van der Waals surface area contributed by atoms with Gasteiger partial charge < -0.3 is 5.11 Å². The van der Waals surface area contributed by atoms with Gasteiger partial charge >= 0.3 is 5.97 Å². The number of hydrogen-bond acceptors (Lipinski definition) is 1. The van der Waals surface area contributed by atoms with E-state index < -0.39 is 5.97 Å². The van der Waals surface area contributed by atoms with Gasteiger partial charge in [-0.05, 0) is 44.9 Å². The van der Waals surface area contributed by atoms with Crippen LogP contribution >= 0.6 is 0 Å². The lowest BCUT2D eigenvalue weighted by Crippen LogP contribution is -1.93. The number of allylic oxidation sites excluding steroid dienone is 8. The molecule has 0 saturated heterocycles. The highest BCUT2D eigenvalue weighted by molar-refractivity contribution is 5.66. The summed E-state index contributed by atoms with van der Waals surface area (Å²) in [7, 11) is 0. The van der Waals surface area contributed by atoms with Gasteiger partial charge in [-0.25, -0.2) is 0 Å². The Morgan fingerprint density at radius 3 is 1.77 bits per heavy atom. The summed E-state index contributed by atoms with van der Waals surface area (Å²) in [4.78, 5) is 10.3. The normalized spacial score (nSPS) is 12.4. The van der Waals surface area contributed by atoms with E-state index in [0.29, 0.717) is 6.42 Å². The van der Waals surface area contributed by atoms with Crippen LogP contribution in [0.15, 0.2) is 48.6 Å². The van der Waals surface area contributed by atoms with Crippen molar-refractivity contribution >= 4 is 5.97 Å². The molecule has 0 atom stereocenters. The lowest BCUT2D eigenvalue weighted by molar-refractivity contribution is -0.137. The number of carboxylic acids is 1. The molecule has 2 nitrogen and oxygen atoms in total. The summed E-state index contributed by atoms with van der Waals surface area (Å²) in [6.45, 7) is 2.15. The van der Waals surface area contributed by atoms with E-state index >= 15 is 0 Å². The van der Waals surface area contributed by atoms with Gasteiger partial charge in [0.15, 0.2) is 0 Å². The number of rotatable bonds is 14. The molecule has 0 aliphatic heterocycles. The lowest BCUT2D eigenvalue weighted by Gasteiger charge is -1.96. The van der Waals surface area contributed by atoms with Crippen molar-refractivity contribution in [2.75, 3.05) is 0 Å². The standard InChI is InChI=1S/C20H32O2/c1-2-3-4-5-6-7-8-9-10-11-12-13-14-15-16-17-18-19-20(21)22/h3-4,6-7,9-10,12-13H,2,5,8,11,14-19H2,1H3,(H,21,22)/b4-3-,7-6-,10-9+,13-12+. The van der Waals surface area contributed by atoms with Gasteiger partial charge in [-0.2, -0.15) is 0 Å². The molecule has 0 aromatic heterocycles. The summed E-state index contributed by atoms with van der Waals surface area (Å²) in [5.74, 6) is -0.682. The Bertz CT molecular complexity index is 362. The molecular formula is C20H32O2. The molecular weight excluding hydrogens is 272 g/mol. The maximum absolute atomic E-state index is 10.3. The Labute approximate surface area is 136 Å². The van der Waals surface area contributed by atoms with Gasteiger partial charge in [0.2, 0.25) is 0 Å². The van der Waals surface area contributed by atoms with Crippen molar-refractivity contribution in [1.29, 1.82) is 0 Å². The van der Waals surface area contributed by atoms with Crippen LogP contribution in [0.4, 0.5) is 0 Å². The smallest absolute Gasteiger partial charge is 0.303 e. The second kappa shape index (κ2) is 17.5. The van der Waals surface area contributed by atoms with E-state index in [1.165, 1.54) is 0 Å². The Morgan fingerprint density at radius 1 is 0.727 bits per heavy atom. The largest absolute Gasteiger partial charge is 0.481 e. The highest BCUT2D eigenvalue weighted by atomic mass is 16.4. The van der Waals surface area contributed by atoms with Gasteiger partial charge in [-0.15, -0.1) is 0 Å². The van der Waals surface area contributed by atoms with Crippen LogP contribution in [0.1, 0.15) is 71.1 Å². The molecule has 0 aromatic carbocycles. The molecule has 0 amide bonds. The number of unbranched alkanes of at least 4 members (excludes halogenated alkanes) is 4. The van der Waals surface area contributed by atoms with E-state index in [4.69, 9.17) is 5.11 Å². The first-order chi connectivity index (χ1) is 10.8. The summed E-state index contributed by atoms with van der Waals surface area (Å²) < 4.78 is 0. The van der Waals surface area contributed by atoms with Gasteiger partial charge in [0.25, 0.3) is 0 Å². The van der Waals surface area contributed by atoms with E-state index in [0.717, 1.165) is 57.8 Å². The van der Waals surface area contributed by atoms with E-state index in [1.54, 1.807) is 0 Å². The van der Waals surface area contributed by atoms with Crippen LogP contribution in [0.5, 0.6) is 0 Å². The number of carbonyl (C=O) groups is 1. The second-order valence-corrected chi connectivity index (χ2v) is 5.35. The predicted molar refractivity (Wildman–Crippen MR) is 96.0 cm³/mol. The van der Waals surface area contributed by atoms with Crippen LogP contribution in [0.3, 0.4) is 0 Å². The molecule has 0 spiro atoms. The molecule has 22 heavy (non-hydrogen) atoms. The van der Waals surface area contributed by atoms with E-state index in [2.05, 4.69) is 55.5 Å². The second-order valence-electron chi connectivity index (χ2n) is 5.35. The fourth-order valence-corrected chi connectivity index (χ4v) is 1.99. The Morgan fingerprint density at radius 2 is 1.23 bits per heavy atom. The van der Waals surface area contributed by atoms with Crippen molar-refractivity contribution in [3.63, 3.8) is 0 Å². The van der Waals surface area contributed by atoms with Crippen molar-refractivity contribution in [2.24, 2.45) is 0 Å². The van der Waals surface area contributed by atoms with Crippen LogP contribution in [0.25, 0.3) is 0 Å². The Hall–Kier alpha value is -1.57. The monoisotopic (exact) mass is 304 g/mol. The summed E-state index contributed by atoms with van der Waals surface area (Å²) in [5.41, 5.74) is 0. The molecule has 0 fully saturated rings. The van der Waals surface area contributed by atoms with Gasteiger partial charge in [-0.3, -0.25) is 4.79 Å². The minimum atomic E-state index is -0.682. The quantitative estimate of drug-likeness (QED) is 0.305. The first kappa shape index (κ1) is 20.4. The SMILES string of the molecule is CC/C=C\C/C=C\C/C=C/C/C=C/CCCCCCC(=O)O. The zero-order valence-electron chi connectivity index (χ0n) is 14.0. The maximum atomic E-state index is 10.3. The van der Waals surface area contributed by atoms with Crippen LogP contribution in [0.2, 0.25) is 0 Å². The average Bonchev–Trinajstić information content (AvgIpc) is 2.50. The fourth-order valence-electron chi connectivity index (χ4n) is 1.99. The van der Waals surface area contributed by atoms with Crippen molar-refractivity contribution in [3.8, 4) is 0 Å². The fraction of sp³-hybridized carbons (Fsp3) is 0.550. The Kier molecular flexibility index (Phi) is 16.2. The maximum Gasteiger partial charge on any atom is 0.303 e. The molecule has 0 radical (unpaired) electrons. The van der Waals surface area contributed by atoms with Crippen LogP contribution in [-0.2, 0) is 4.79 Å². The number of hydrogen-bond donors (Lipinski definition) is 1. The Balaban J connectivity index is 3.34. The topological polar surface area (TPSA) is 37.3 Å². The molecule has 0 heterocycles. The van der Waals surface area contributed by atoms with E-state index in [1.807, 2.05) is 0 Å². The first-order valence-electron chi connectivity index (χ1n) is 8.59. The summed E-state index contributed by atoms with van der Waals surface area (Å²) in [5, 5.41) is 8.51. The van der Waals surface area contributed by atoms with Gasteiger partial charge in [-0.1, -0.05) is 68.4 Å². The predicted octanol–water partition coefficient (Wildman–Crippen LogP) is 6.22. The van der Waals surface area contributed by atoms with Crippen LogP contribution in [0, 0.1) is 0 Å². The highest BCUT2D eigenvalue weighted by Gasteiger charge is 1.95. The molecule has 0 aliphatic carbocycles. The van der Waals surface area contributed by atoms with Gasteiger partial charge in [0.05, 0.1) is 0 Å². The first-order valence-corrected chi connectivity index (χ1v) is 8.59. The molecule has 124 valence electrons. The molecule has 0 aromatic rings. The molecule has 0 bridgehead atoms. The van der Waals surface area contributed by atoms with Crippen LogP contribution in [-0.4, -0.2) is 11.1 Å². The molecule has 0 saturated carbocycles. The number of aliphatic carboxylic acids is 1. The minimum Gasteiger partial charge on any atom is -0.481 e. The van der Waals surface area contributed by atoms with Crippen molar-refractivity contribution in [2.45, 2.75) is 71.1 Å². The zero-order valence-corrected chi connectivity index (χ0v) is 14.0. The zero-order chi connectivity index (χ0) is 16.3. The third-order valence-electron chi connectivity index (χ3n) is 3.23. The molecule has 0 rings (SSSR count). The van der Waals surface area contributed by atoms with Crippen molar-refractivity contribution in [1.82, 2.24) is 0 Å². The number of carboxylic acid groups (broad SMARTS) is 1. The molecule has 0 aliphatic rings. The molecule has 2 heteroatoms. The van der Waals surface area contributed by atoms with Gasteiger partial charge in [0, 0.05) is 6.42 Å². The highest BCUT2D eigenvalue weighted by Crippen LogP contribution is 2.06. The van der Waals surface area contributed by atoms with Crippen LogP contribution < -0.4 is 0 Å². The third-order valence-corrected chi connectivity index (χ3v) is 3.23. The molecule has 0 unspecified atom stereocenters. The average molecular weight is 304 g/mol. The van der Waals surface area contributed by atoms with Crippen molar-refractivity contribution < 1.29 is 9.90 Å². The van der Waals surface area contributed by atoms with Gasteiger partial charge in [0.1, 0.15) is 0 Å².